The van der Waals surface area contributed by atoms with Crippen LogP contribution < -0.4 is 5.73 Å². The molecular weight excluding hydrogens is 185 g/mol. The molecule has 0 aromatic rings. The fourth-order valence-corrected chi connectivity index (χ4v) is 0.780. The Morgan fingerprint density at radius 2 is 1.70 bits per heavy atom. The van der Waals surface area contributed by atoms with E-state index in [9.17, 15) is 0 Å². The van der Waals surface area contributed by atoms with Crippen molar-refractivity contribution < 1.29 is 16.4 Å². The van der Waals surface area contributed by atoms with E-state index >= 15 is 0 Å². The van der Waals surface area contributed by atoms with Crippen molar-refractivity contribution >= 4 is 57.9 Å². The molecular formula is C3H13NNaO3S2. The molecule has 0 heterocycles. The second-order valence-corrected chi connectivity index (χ2v) is 2.76. The topological polar surface area (TPSA) is 121 Å². The predicted octanol–water partition coefficient (Wildman–Crippen LogP) is -1.87. The molecule has 0 saturated carbocycles. The van der Waals surface area contributed by atoms with Crippen molar-refractivity contribution in [3.05, 3.63) is 0 Å². The molecule has 4 nitrogen and oxygen atoms in total. The van der Waals surface area contributed by atoms with Gasteiger partial charge in [0, 0.05) is 29.6 Å². The summed E-state index contributed by atoms with van der Waals surface area (Å²) in [6, 6.07) is 0. The van der Waals surface area contributed by atoms with E-state index in [2.05, 4.69) is 12.2 Å². The molecule has 0 saturated heterocycles. The van der Waals surface area contributed by atoms with Gasteiger partial charge in [-0.25, -0.2) is 0 Å². The van der Waals surface area contributed by atoms with Gasteiger partial charge in [-0.3, -0.25) is 0 Å². The SMILES string of the molecule is CCSC(N)=S.O.O.O.[Na]. The van der Waals surface area contributed by atoms with Crippen molar-refractivity contribution in [1.82, 2.24) is 0 Å². The number of thioether (sulfide) groups is 1. The molecule has 0 bridgehead atoms. The van der Waals surface area contributed by atoms with Crippen LogP contribution in [0.3, 0.4) is 0 Å². The quantitative estimate of drug-likeness (QED) is 0.392. The third kappa shape index (κ3) is 35.4. The Kier molecular flexibility index (Phi) is 68.3. The van der Waals surface area contributed by atoms with Crippen molar-refractivity contribution in [2.45, 2.75) is 6.92 Å². The molecule has 0 aromatic carbocycles. The molecule has 0 rings (SSSR count). The van der Waals surface area contributed by atoms with E-state index in [0.717, 1.165) is 5.75 Å². The molecule has 0 atom stereocenters. The van der Waals surface area contributed by atoms with Gasteiger partial charge in [0.1, 0.15) is 4.32 Å². The van der Waals surface area contributed by atoms with Gasteiger partial charge in [0.05, 0.1) is 0 Å². The molecule has 10 heavy (non-hydrogen) atoms. The second kappa shape index (κ2) is 22.5. The van der Waals surface area contributed by atoms with Crippen molar-refractivity contribution in [1.29, 1.82) is 0 Å². The molecule has 0 aliphatic heterocycles. The van der Waals surface area contributed by atoms with Crippen molar-refractivity contribution in [2.24, 2.45) is 5.73 Å². The van der Waals surface area contributed by atoms with Gasteiger partial charge in [-0.1, -0.05) is 30.9 Å². The summed E-state index contributed by atoms with van der Waals surface area (Å²) < 4.78 is 0.539. The van der Waals surface area contributed by atoms with Crippen LogP contribution in [0.1, 0.15) is 6.92 Å². The monoisotopic (exact) mass is 198 g/mol. The number of nitrogens with two attached hydrogens (primary N) is 1. The number of rotatable bonds is 1. The van der Waals surface area contributed by atoms with E-state index in [4.69, 9.17) is 5.73 Å². The zero-order valence-electron chi connectivity index (χ0n) is 6.10. The van der Waals surface area contributed by atoms with Crippen LogP contribution in [-0.2, 0) is 0 Å². The van der Waals surface area contributed by atoms with E-state index < -0.39 is 0 Å². The van der Waals surface area contributed by atoms with Gasteiger partial charge in [-0.15, -0.1) is 0 Å². The summed E-state index contributed by atoms with van der Waals surface area (Å²) in [5.74, 6) is 0.981. The molecule has 7 heteroatoms. The third-order valence-electron chi connectivity index (χ3n) is 0.287. The number of hydrogen-bond donors (Lipinski definition) is 1. The third-order valence-corrected chi connectivity index (χ3v) is 1.21. The second-order valence-electron chi connectivity index (χ2n) is 0.752. The van der Waals surface area contributed by atoms with Gasteiger partial charge in [0.15, 0.2) is 0 Å². The molecule has 0 aromatic heterocycles. The van der Waals surface area contributed by atoms with Gasteiger partial charge < -0.3 is 22.2 Å². The zero-order valence-corrected chi connectivity index (χ0v) is 9.73. The molecule has 8 N–H and O–H groups in total. The van der Waals surface area contributed by atoms with E-state index in [1.54, 1.807) is 0 Å². The van der Waals surface area contributed by atoms with Crippen molar-refractivity contribution in [2.75, 3.05) is 5.75 Å². The van der Waals surface area contributed by atoms with Crippen LogP contribution in [0.25, 0.3) is 0 Å². The fraction of sp³-hybridized carbons (Fsp3) is 0.667. The van der Waals surface area contributed by atoms with Crippen LogP contribution in [0.4, 0.5) is 0 Å². The Hall–Kier alpha value is 1.12. The van der Waals surface area contributed by atoms with E-state index in [1.165, 1.54) is 11.8 Å². The molecule has 0 amide bonds. The molecule has 0 aliphatic rings. The van der Waals surface area contributed by atoms with Crippen LogP contribution in [-0.4, -0.2) is 56.1 Å². The maximum atomic E-state index is 5.10. The molecule has 0 unspecified atom stereocenters. The summed E-state index contributed by atoms with van der Waals surface area (Å²) in [5, 5.41) is 0. The maximum Gasteiger partial charge on any atom is 0.131 e. The fourth-order valence-electron chi connectivity index (χ4n) is 0.142. The Bertz CT molecular complexity index is 65.7. The van der Waals surface area contributed by atoms with Crippen LogP contribution >= 0.6 is 24.0 Å². The van der Waals surface area contributed by atoms with Crippen LogP contribution in [0.2, 0.25) is 0 Å². The smallest absolute Gasteiger partial charge is 0.131 e. The summed E-state index contributed by atoms with van der Waals surface area (Å²) in [5.41, 5.74) is 5.10. The van der Waals surface area contributed by atoms with Gasteiger partial charge >= 0.3 is 0 Å². The summed E-state index contributed by atoms with van der Waals surface area (Å²) >= 11 is 6.03. The van der Waals surface area contributed by atoms with Gasteiger partial charge in [0.25, 0.3) is 0 Å². The average Bonchev–Trinajstić information content (AvgIpc) is 1.35. The minimum atomic E-state index is 0. The van der Waals surface area contributed by atoms with E-state index in [1.807, 2.05) is 6.92 Å². The van der Waals surface area contributed by atoms with Crippen LogP contribution in [0.5, 0.6) is 0 Å². The Balaban J connectivity index is -0.0000000208. The first kappa shape index (κ1) is 30.4. The molecule has 0 aliphatic carbocycles. The summed E-state index contributed by atoms with van der Waals surface area (Å²) in [6.07, 6.45) is 0. The molecule has 0 spiro atoms. The van der Waals surface area contributed by atoms with Gasteiger partial charge in [-0.2, -0.15) is 0 Å². The van der Waals surface area contributed by atoms with Gasteiger partial charge in [0.2, 0.25) is 0 Å². The Morgan fingerprint density at radius 1 is 1.40 bits per heavy atom. The standard InChI is InChI=1S/C3H7NS2.Na.3H2O/c1-2-6-3(4)5;;;;/h2H2,1H3,(H2,4,5);;3*1H2. The summed E-state index contributed by atoms with van der Waals surface area (Å²) in [4.78, 5) is 0. The minimum Gasteiger partial charge on any atom is -0.412 e. The Morgan fingerprint density at radius 3 is 1.70 bits per heavy atom. The van der Waals surface area contributed by atoms with E-state index in [0.29, 0.717) is 4.32 Å². The first-order valence-electron chi connectivity index (χ1n) is 1.69. The molecule has 1 radical (unpaired) electrons. The summed E-state index contributed by atoms with van der Waals surface area (Å²) in [6.45, 7) is 2.02. The first-order valence-corrected chi connectivity index (χ1v) is 3.09. The average molecular weight is 198 g/mol. The van der Waals surface area contributed by atoms with Gasteiger partial charge in [-0.05, 0) is 5.75 Å². The number of hydrogen-bond acceptors (Lipinski definition) is 2. The van der Waals surface area contributed by atoms with Crippen molar-refractivity contribution in [3.63, 3.8) is 0 Å². The van der Waals surface area contributed by atoms with Crippen LogP contribution in [0.15, 0.2) is 0 Å². The normalized spacial score (nSPS) is 4.90. The van der Waals surface area contributed by atoms with Crippen LogP contribution in [0, 0.1) is 0 Å². The molecule has 61 valence electrons. The minimum absolute atomic E-state index is 0. The largest absolute Gasteiger partial charge is 0.412 e. The summed E-state index contributed by atoms with van der Waals surface area (Å²) in [7, 11) is 0. The predicted molar refractivity (Wildman–Crippen MR) is 51.5 cm³/mol. The Labute approximate surface area is 92.1 Å². The first-order chi connectivity index (χ1) is 2.77. The maximum absolute atomic E-state index is 5.10. The molecule has 0 fully saturated rings. The van der Waals surface area contributed by atoms with E-state index in [-0.39, 0.29) is 46.0 Å². The van der Waals surface area contributed by atoms with Crippen molar-refractivity contribution in [3.8, 4) is 0 Å². The number of thiocarbonyl (C=S) groups is 1. The zero-order chi connectivity index (χ0) is 4.99.